The molecule has 1 amide bonds. The molecule has 0 aromatic heterocycles. The lowest BCUT2D eigenvalue weighted by Gasteiger charge is -2.10. The second-order valence-corrected chi connectivity index (χ2v) is 5.63. The molecule has 1 aromatic rings. The average molecular weight is 260 g/mol. The number of rotatable bonds is 5. The van der Waals surface area contributed by atoms with E-state index in [-0.39, 0.29) is 11.8 Å². The van der Waals surface area contributed by atoms with Gasteiger partial charge in [0.2, 0.25) is 5.91 Å². The molecule has 1 fully saturated rings. The van der Waals surface area contributed by atoms with Crippen molar-refractivity contribution in [3.05, 3.63) is 35.4 Å². The van der Waals surface area contributed by atoms with Crippen LogP contribution in [0.3, 0.4) is 0 Å². The van der Waals surface area contributed by atoms with Crippen LogP contribution >= 0.6 is 0 Å². The molecule has 1 aliphatic heterocycles. The van der Waals surface area contributed by atoms with E-state index in [2.05, 4.69) is 48.7 Å². The zero-order valence-electron chi connectivity index (χ0n) is 11.9. The molecule has 19 heavy (non-hydrogen) atoms. The maximum absolute atomic E-state index is 11.8. The summed E-state index contributed by atoms with van der Waals surface area (Å²) in [5, 5.41) is 6.25. The number of nitrogens with one attached hydrogen (secondary N) is 2. The number of carbonyl (C=O) groups excluding carboxylic acids is 1. The van der Waals surface area contributed by atoms with E-state index in [1.54, 1.807) is 0 Å². The van der Waals surface area contributed by atoms with E-state index in [1.807, 2.05) is 0 Å². The summed E-state index contributed by atoms with van der Waals surface area (Å²) in [6.45, 7) is 6.93. The highest BCUT2D eigenvalue weighted by Crippen LogP contribution is 2.14. The summed E-state index contributed by atoms with van der Waals surface area (Å²) in [7, 11) is 0. The van der Waals surface area contributed by atoms with Gasteiger partial charge in [-0.05, 0) is 36.4 Å². The summed E-state index contributed by atoms with van der Waals surface area (Å²) in [6, 6.07) is 8.70. The Morgan fingerprint density at radius 3 is 2.68 bits per heavy atom. The van der Waals surface area contributed by atoms with Crippen LogP contribution in [0.2, 0.25) is 0 Å². The lowest BCUT2D eigenvalue weighted by Crippen LogP contribution is -2.33. The Hall–Kier alpha value is -1.35. The Labute approximate surface area is 115 Å². The van der Waals surface area contributed by atoms with Gasteiger partial charge in [0.15, 0.2) is 0 Å². The van der Waals surface area contributed by atoms with Crippen molar-refractivity contribution in [1.29, 1.82) is 0 Å². The highest BCUT2D eigenvalue weighted by atomic mass is 16.1. The van der Waals surface area contributed by atoms with Crippen molar-refractivity contribution in [2.45, 2.75) is 32.6 Å². The molecule has 1 unspecified atom stereocenters. The Kier molecular flexibility index (Phi) is 4.97. The molecule has 0 bridgehead atoms. The smallest absolute Gasteiger partial charge is 0.224 e. The normalized spacial score (nSPS) is 18.8. The maximum atomic E-state index is 11.8. The summed E-state index contributed by atoms with van der Waals surface area (Å²) in [4.78, 5) is 11.8. The van der Waals surface area contributed by atoms with Crippen LogP contribution in [-0.4, -0.2) is 25.5 Å². The molecule has 0 aliphatic carbocycles. The van der Waals surface area contributed by atoms with Crippen molar-refractivity contribution >= 4 is 5.91 Å². The fraction of sp³-hybridized carbons (Fsp3) is 0.562. The third-order valence-corrected chi connectivity index (χ3v) is 3.79. The largest absolute Gasteiger partial charge is 0.355 e. The predicted molar refractivity (Wildman–Crippen MR) is 78.2 cm³/mol. The van der Waals surface area contributed by atoms with Gasteiger partial charge in [0.1, 0.15) is 0 Å². The minimum atomic E-state index is 0.170. The third-order valence-electron chi connectivity index (χ3n) is 3.79. The van der Waals surface area contributed by atoms with Gasteiger partial charge in [0, 0.05) is 13.1 Å². The van der Waals surface area contributed by atoms with Gasteiger partial charge in [-0.1, -0.05) is 38.1 Å². The van der Waals surface area contributed by atoms with Crippen LogP contribution in [0.1, 0.15) is 37.3 Å². The number of hydrogen-bond acceptors (Lipinski definition) is 2. The zero-order valence-corrected chi connectivity index (χ0v) is 11.9. The third kappa shape index (κ3) is 4.06. The van der Waals surface area contributed by atoms with Gasteiger partial charge in [-0.3, -0.25) is 4.79 Å². The van der Waals surface area contributed by atoms with E-state index < -0.39 is 0 Å². The molecule has 1 atom stereocenters. The molecule has 104 valence electrons. The summed E-state index contributed by atoms with van der Waals surface area (Å²) in [5.41, 5.74) is 2.65. The number of benzene rings is 1. The first-order chi connectivity index (χ1) is 9.16. The lowest BCUT2D eigenvalue weighted by atomic mass is 10.0. The topological polar surface area (TPSA) is 41.1 Å². The van der Waals surface area contributed by atoms with Crippen LogP contribution in [0.15, 0.2) is 24.3 Å². The summed E-state index contributed by atoms with van der Waals surface area (Å²) < 4.78 is 0. The van der Waals surface area contributed by atoms with Crippen LogP contribution < -0.4 is 10.6 Å². The quantitative estimate of drug-likeness (QED) is 0.851. The zero-order chi connectivity index (χ0) is 13.7. The van der Waals surface area contributed by atoms with Gasteiger partial charge in [-0.25, -0.2) is 0 Å². The maximum Gasteiger partial charge on any atom is 0.224 e. The molecular formula is C16H24N2O. The molecule has 1 aliphatic rings. The van der Waals surface area contributed by atoms with E-state index in [0.717, 1.165) is 32.5 Å². The molecule has 1 saturated heterocycles. The minimum absolute atomic E-state index is 0.170. The molecule has 0 saturated carbocycles. The summed E-state index contributed by atoms with van der Waals surface area (Å²) >= 11 is 0. The number of carbonyl (C=O) groups is 1. The second kappa shape index (κ2) is 6.71. The minimum Gasteiger partial charge on any atom is -0.355 e. The fourth-order valence-electron chi connectivity index (χ4n) is 2.42. The van der Waals surface area contributed by atoms with Crippen molar-refractivity contribution in [3.63, 3.8) is 0 Å². The Morgan fingerprint density at radius 2 is 2.11 bits per heavy atom. The van der Waals surface area contributed by atoms with E-state index in [9.17, 15) is 4.79 Å². The van der Waals surface area contributed by atoms with E-state index in [0.29, 0.717) is 5.92 Å². The van der Waals surface area contributed by atoms with Gasteiger partial charge in [0.05, 0.1) is 5.92 Å². The lowest BCUT2D eigenvalue weighted by molar-refractivity contribution is -0.124. The molecule has 3 nitrogen and oxygen atoms in total. The molecule has 1 aromatic carbocycles. The van der Waals surface area contributed by atoms with Crippen LogP contribution in [-0.2, 0) is 11.2 Å². The predicted octanol–water partition coefficient (Wildman–Crippen LogP) is 2.08. The van der Waals surface area contributed by atoms with Gasteiger partial charge >= 0.3 is 0 Å². The van der Waals surface area contributed by atoms with Crippen LogP contribution in [0.5, 0.6) is 0 Å². The molecular weight excluding hydrogens is 236 g/mol. The molecule has 2 rings (SSSR count). The Bertz CT molecular complexity index is 405. The first-order valence-corrected chi connectivity index (χ1v) is 7.24. The van der Waals surface area contributed by atoms with Crippen LogP contribution in [0.25, 0.3) is 0 Å². The second-order valence-electron chi connectivity index (χ2n) is 5.63. The molecule has 0 radical (unpaired) electrons. The summed E-state index contributed by atoms with van der Waals surface area (Å²) in [5.74, 6) is 0.940. The van der Waals surface area contributed by atoms with E-state index in [4.69, 9.17) is 0 Å². The number of amides is 1. The summed E-state index contributed by atoms with van der Waals surface area (Å²) in [6.07, 6.45) is 1.87. The van der Waals surface area contributed by atoms with Gasteiger partial charge in [-0.15, -0.1) is 0 Å². The highest BCUT2D eigenvalue weighted by Gasteiger charge is 2.21. The molecule has 2 N–H and O–H groups in total. The van der Waals surface area contributed by atoms with E-state index >= 15 is 0 Å². The van der Waals surface area contributed by atoms with Crippen molar-refractivity contribution in [2.75, 3.05) is 19.6 Å². The molecule has 1 heterocycles. The number of hydrogen-bond donors (Lipinski definition) is 2. The average Bonchev–Trinajstić information content (AvgIpc) is 2.93. The SMILES string of the molecule is CC(C)c1ccc(CCNC(=O)C2CCNC2)cc1. The van der Waals surface area contributed by atoms with Crippen molar-refractivity contribution in [1.82, 2.24) is 10.6 Å². The van der Waals surface area contributed by atoms with Gasteiger partial charge in [-0.2, -0.15) is 0 Å². The monoisotopic (exact) mass is 260 g/mol. The highest BCUT2D eigenvalue weighted by molar-refractivity contribution is 5.79. The standard InChI is InChI=1S/C16H24N2O/c1-12(2)14-5-3-13(4-6-14)7-10-18-16(19)15-8-9-17-11-15/h3-6,12,15,17H,7-11H2,1-2H3,(H,18,19). The van der Waals surface area contributed by atoms with Gasteiger partial charge in [0.25, 0.3) is 0 Å². The van der Waals surface area contributed by atoms with Crippen LogP contribution in [0, 0.1) is 5.92 Å². The van der Waals surface area contributed by atoms with Crippen LogP contribution in [0.4, 0.5) is 0 Å². The Morgan fingerprint density at radius 1 is 1.37 bits per heavy atom. The van der Waals surface area contributed by atoms with Crippen molar-refractivity contribution in [2.24, 2.45) is 5.92 Å². The Balaban J connectivity index is 1.74. The molecule has 3 heteroatoms. The van der Waals surface area contributed by atoms with E-state index in [1.165, 1.54) is 11.1 Å². The fourth-order valence-corrected chi connectivity index (χ4v) is 2.42. The molecule has 0 spiro atoms. The van der Waals surface area contributed by atoms with Gasteiger partial charge < -0.3 is 10.6 Å². The first kappa shape index (κ1) is 14.1. The van der Waals surface area contributed by atoms with Crippen molar-refractivity contribution in [3.8, 4) is 0 Å². The first-order valence-electron chi connectivity index (χ1n) is 7.24. The van der Waals surface area contributed by atoms with Crippen molar-refractivity contribution < 1.29 is 4.79 Å².